The van der Waals surface area contributed by atoms with Crippen molar-refractivity contribution in [2.75, 3.05) is 21.1 Å². The molecule has 0 atom stereocenters. The fraction of sp³-hybridized carbons (Fsp3) is 0.333. The molecule has 0 unspecified atom stereocenters. The van der Waals surface area contributed by atoms with Crippen LogP contribution in [0.15, 0.2) is 18.2 Å². The number of nitrogens with zero attached hydrogens (tertiary/aromatic N) is 2. The van der Waals surface area contributed by atoms with E-state index in [1.54, 1.807) is 12.1 Å². The van der Waals surface area contributed by atoms with Crippen LogP contribution in [-0.2, 0) is 0 Å². The summed E-state index contributed by atoms with van der Waals surface area (Å²) >= 11 is 5.69. The Bertz CT molecular complexity index is 377. The number of nitro benzene ring substituents is 1. The summed E-state index contributed by atoms with van der Waals surface area (Å²) in [6, 6.07) is 4.84. The van der Waals surface area contributed by atoms with E-state index >= 15 is 0 Å². The van der Waals surface area contributed by atoms with E-state index in [1.807, 2.05) is 21.1 Å². The quantitative estimate of drug-likeness (QED) is 0.356. The summed E-state index contributed by atoms with van der Waals surface area (Å²) in [6.07, 6.45) is 0. The molecule has 1 aromatic rings. The second kappa shape index (κ2) is 5.14. The van der Waals surface area contributed by atoms with Crippen molar-refractivity contribution in [1.29, 1.82) is 0 Å². The summed E-state index contributed by atoms with van der Waals surface area (Å²) in [5, 5.41) is 10.8. The molecule has 82 valence electrons. The van der Waals surface area contributed by atoms with Crippen molar-refractivity contribution in [3.8, 4) is 0 Å². The zero-order valence-electron chi connectivity index (χ0n) is 9.03. The van der Waals surface area contributed by atoms with E-state index in [-0.39, 0.29) is 34.6 Å². The first-order chi connectivity index (χ1) is 6.32. The maximum absolute atomic E-state index is 10.6. The Balaban J connectivity index is 0.00000196. The van der Waals surface area contributed by atoms with Crippen LogP contribution in [0.1, 0.15) is 0 Å². The molecular formula is C9H14ClN2O2Sn+. The average molecular weight is 336 g/mol. The molecule has 15 heavy (non-hydrogen) atoms. The Labute approximate surface area is 111 Å². The minimum atomic E-state index is -0.471. The summed E-state index contributed by atoms with van der Waals surface area (Å²) in [6.45, 7) is 0. The number of nitro groups is 1. The van der Waals surface area contributed by atoms with E-state index in [4.69, 9.17) is 11.6 Å². The van der Waals surface area contributed by atoms with Gasteiger partial charge in [-0.2, -0.15) is 0 Å². The van der Waals surface area contributed by atoms with Crippen molar-refractivity contribution in [3.63, 3.8) is 0 Å². The van der Waals surface area contributed by atoms with Crippen LogP contribution in [0.4, 0.5) is 11.4 Å². The first-order valence-electron chi connectivity index (χ1n) is 4.08. The fourth-order valence-corrected chi connectivity index (χ4v) is 1.24. The number of rotatable bonds is 2. The molecule has 0 N–H and O–H groups in total. The van der Waals surface area contributed by atoms with Gasteiger partial charge in [-0.3, -0.25) is 14.6 Å². The molecule has 1 rings (SSSR count). The molecule has 0 heterocycles. The van der Waals surface area contributed by atoms with Crippen LogP contribution in [0.3, 0.4) is 0 Å². The standard InChI is InChI=1S/C9H12ClN2O2.Sn.2H/c1-12(2,3)7-4-5-8(10)9(6-7)11(13)14;;;/h4-6H,1-3H3;;;/q+1;;;. The van der Waals surface area contributed by atoms with Gasteiger partial charge < -0.3 is 0 Å². The topological polar surface area (TPSA) is 43.1 Å². The van der Waals surface area contributed by atoms with Gasteiger partial charge in [-0.25, -0.2) is 0 Å². The Morgan fingerprint density at radius 1 is 1.33 bits per heavy atom. The molecule has 0 fully saturated rings. The van der Waals surface area contributed by atoms with Gasteiger partial charge in [0.15, 0.2) is 0 Å². The predicted octanol–water partition coefficient (Wildman–Crippen LogP) is 1.53. The summed E-state index contributed by atoms with van der Waals surface area (Å²) in [5.74, 6) is 0. The SMILES string of the molecule is C[N+](C)(C)c1ccc(Cl)c([N+](=O)[O-])c1.[SnH2]. The van der Waals surface area contributed by atoms with E-state index < -0.39 is 4.92 Å². The Kier molecular flexibility index (Phi) is 5.02. The summed E-state index contributed by atoms with van der Waals surface area (Å²) in [7, 11) is 5.81. The first kappa shape index (κ1) is 14.7. The molecule has 0 bridgehead atoms. The molecule has 0 saturated carbocycles. The van der Waals surface area contributed by atoms with Crippen LogP contribution in [0, 0.1) is 10.1 Å². The van der Waals surface area contributed by atoms with Crippen molar-refractivity contribution in [2.45, 2.75) is 0 Å². The molecule has 0 aromatic heterocycles. The van der Waals surface area contributed by atoms with Gasteiger partial charge in [0.25, 0.3) is 5.69 Å². The molecule has 0 aliphatic heterocycles. The number of benzene rings is 1. The number of quaternary nitrogens is 1. The van der Waals surface area contributed by atoms with E-state index in [2.05, 4.69) is 0 Å². The second-order valence-electron chi connectivity index (χ2n) is 3.91. The van der Waals surface area contributed by atoms with Crippen LogP contribution >= 0.6 is 11.6 Å². The molecule has 4 nitrogen and oxygen atoms in total. The average Bonchev–Trinajstić information content (AvgIpc) is 2.02. The van der Waals surface area contributed by atoms with Gasteiger partial charge in [-0.1, -0.05) is 11.6 Å². The molecule has 0 spiro atoms. The van der Waals surface area contributed by atoms with Crippen molar-refractivity contribution < 1.29 is 4.92 Å². The van der Waals surface area contributed by atoms with Crippen molar-refractivity contribution in [3.05, 3.63) is 33.3 Å². The molecule has 0 aliphatic rings. The van der Waals surface area contributed by atoms with Crippen LogP contribution in [-0.4, -0.2) is 50.0 Å². The summed E-state index contributed by atoms with van der Waals surface area (Å²) < 4.78 is 0.526. The molecule has 1 aromatic carbocycles. The van der Waals surface area contributed by atoms with E-state index in [9.17, 15) is 10.1 Å². The maximum atomic E-state index is 10.6. The first-order valence-corrected chi connectivity index (χ1v) is 4.46. The van der Waals surface area contributed by atoms with Crippen molar-refractivity contribution in [1.82, 2.24) is 4.48 Å². The fourth-order valence-electron chi connectivity index (χ4n) is 1.06. The molecule has 2 radical (unpaired) electrons. The molecule has 0 saturated heterocycles. The van der Waals surface area contributed by atoms with Gasteiger partial charge in [0, 0.05) is 6.07 Å². The van der Waals surface area contributed by atoms with E-state index in [0.29, 0.717) is 4.48 Å². The third-order valence-corrected chi connectivity index (χ3v) is 2.22. The molecule has 0 aliphatic carbocycles. The monoisotopic (exact) mass is 337 g/mol. The number of hydrogen-bond acceptors (Lipinski definition) is 2. The Morgan fingerprint density at radius 3 is 2.27 bits per heavy atom. The van der Waals surface area contributed by atoms with Gasteiger partial charge >= 0.3 is 23.9 Å². The third-order valence-electron chi connectivity index (χ3n) is 1.90. The number of hydrogen-bond donors (Lipinski definition) is 0. The molecular weight excluding hydrogens is 322 g/mol. The van der Waals surface area contributed by atoms with Crippen molar-refractivity contribution >= 4 is 46.9 Å². The van der Waals surface area contributed by atoms with E-state index in [0.717, 1.165) is 5.69 Å². The summed E-state index contributed by atoms with van der Waals surface area (Å²) in [4.78, 5) is 10.1. The van der Waals surface area contributed by atoms with Gasteiger partial charge in [0.05, 0.1) is 32.1 Å². The zero-order valence-corrected chi connectivity index (χ0v) is 13.8. The van der Waals surface area contributed by atoms with Gasteiger partial charge in [-0.15, -0.1) is 0 Å². The second-order valence-corrected chi connectivity index (χ2v) is 4.31. The van der Waals surface area contributed by atoms with Crippen LogP contribution in [0.25, 0.3) is 0 Å². The normalized spacial score (nSPS) is 10.7. The van der Waals surface area contributed by atoms with Gasteiger partial charge in [0.2, 0.25) is 0 Å². The van der Waals surface area contributed by atoms with Gasteiger partial charge in [0.1, 0.15) is 10.7 Å². The molecule has 6 heteroatoms. The van der Waals surface area contributed by atoms with Crippen molar-refractivity contribution in [2.24, 2.45) is 0 Å². The minimum absolute atomic E-state index is 0. The summed E-state index contributed by atoms with van der Waals surface area (Å²) in [5.41, 5.74) is 0.804. The number of halogens is 1. The van der Waals surface area contributed by atoms with E-state index in [1.165, 1.54) is 6.07 Å². The van der Waals surface area contributed by atoms with Crippen LogP contribution in [0.5, 0.6) is 0 Å². The molecule has 0 amide bonds. The van der Waals surface area contributed by atoms with Crippen LogP contribution < -0.4 is 4.48 Å². The Hall–Kier alpha value is -0.331. The zero-order chi connectivity index (χ0) is 10.9. The Morgan fingerprint density at radius 2 is 1.87 bits per heavy atom. The van der Waals surface area contributed by atoms with Gasteiger partial charge in [-0.05, 0) is 6.07 Å². The third kappa shape index (κ3) is 3.62. The predicted molar refractivity (Wildman–Crippen MR) is 66.2 cm³/mol. The van der Waals surface area contributed by atoms with Crippen LogP contribution in [0.2, 0.25) is 5.02 Å².